The number of nitrogen functional groups attached to an aromatic ring is 1. The molecule has 51 heavy (non-hydrogen) atoms. The highest BCUT2D eigenvalue weighted by atomic mass is 16.5. The zero-order chi connectivity index (χ0) is 37.8. The molecule has 1 atom stereocenters. The van der Waals surface area contributed by atoms with E-state index in [2.05, 4.69) is 59.5 Å². The quantitative estimate of drug-likeness (QED) is 0.0864. The van der Waals surface area contributed by atoms with Crippen molar-refractivity contribution in [2.75, 3.05) is 18.8 Å². The minimum atomic E-state index is -0.833. The van der Waals surface area contributed by atoms with Crippen molar-refractivity contribution in [3.8, 4) is 28.8 Å². The molecule has 0 spiro atoms. The first-order valence-electron chi connectivity index (χ1n) is 16.7. The summed E-state index contributed by atoms with van der Waals surface area (Å²) in [5.41, 5.74) is 10.3. The normalized spacial score (nSPS) is 14.3. The molecule has 0 bridgehead atoms. The van der Waals surface area contributed by atoms with Gasteiger partial charge < -0.3 is 20.5 Å². The molecular weight excluding hydrogens is 644 g/mol. The number of H-pyrrole nitrogens is 1. The lowest BCUT2D eigenvalue weighted by atomic mass is 10.1. The predicted molar refractivity (Wildman–Crippen MR) is 205 cm³/mol. The number of nitrogens with zero attached hydrogens (tertiary/aromatic N) is 4. The summed E-state index contributed by atoms with van der Waals surface area (Å²) >= 11 is 0. The average Bonchev–Trinajstić information content (AvgIpc) is 3.74. The van der Waals surface area contributed by atoms with E-state index in [0.717, 1.165) is 50.3 Å². The first-order valence-corrected chi connectivity index (χ1v) is 16.7. The molecule has 1 amide bonds. The number of carbonyl (C=O) groups is 2. The number of aromatic amines is 1. The second-order valence-electron chi connectivity index (χ2n) is 11.5. The second kappa shape index (κ2) is 22.0. The largest absolute Gasteiger partial charge is 0.490 e. The molecular formula is C40H50N6O5. The van der Waals surface area contributed by atoms with Crippen LogP contribution in [0.15, 0.2) is 90.8 Å². The third kappa shape index (κ3) is 12.5. The number of likely N-dealkylation sites (tertiary alicyclic amines) is 1. The van der Waals surface area contributed by atoms with Gasteiger partial charge in [0, 0.05) is 38.4 Å². The molecule has 4 N–H and O–H groups in total. The highest BCUT2D eigenvalue weighted by Gasteiger charge is 2.27. The number of ether oxygens (including phenoxy) is 1. The van der Waals surface area contributed by atoms with Gasteiger partial charge in [0.25, 0.3) is 11.5 Å². The van der Waals surface area contributed by atoms with Gasteiger partial charge in [0.1, 0.15) is 23.1 Å². The van der Waals surface area contributed by atoms with Gasteiger partial charge in [-0.1, -0.05) is 55.1 Å². The second-order valence-corrected chi connectivity index (χ2v) is 11.5. The third-order valence-electron chi connectivity index (χ3n) is 7.61. The Morgan fingerprint density at radius 2 is 1.67 bits per heavy atom. The fourth-order valence-corrected chi connectivity index (χ4v) is 5.48. The van der Waals surface area contributed by atoms with E-state index in [1.54, 1.807) is 21.7 Å². The molecule has 1 aliphatic heterocycles. The summed E-state index contributed by atoms with van der Waals surface area (Å²) in [5, 5.41) is 19.2. The minimum Gasteiger partial charge on any atom is -0.490 e. The predicted octanol–water partition coefficient (Wildman–Crippen LogP) is 6.77. The Morgan fingerprint density at radius 3 is 2.16 bits per heavy atom. The van der Waals surface area contributed by atoms with E-state index < -0.39 is 5.97 Å². The zero-order valence-electron chi connectivity index (χ0n) is 30.3. The lowest BCUT2D eigenvalue weighted by Gasteiger charge is -2.30. The van der Waals surface area contributed by atoms with Crippen molar-refractivity contribution in [3.63, 3.8) is 0 Å². The zero-order valence-corrected chi connectivity index (χ0v) is 30.3. The number of fused-ring (bicyclic) bond motifs is 2. The van der Waals surface area contributed by atoms with Gasteiger partial charge in [0.05, 0.1) is 11.4 Å². The number of allylic oxidation sites excluding steroid dienone is 4. The van der Waals surface area contributed by atoms with Gasteiger partial charge in [0.2, 0.25) is 6.41 Å². The highest BCUT2D eigenvalue weighted by Crippen LogP contribution is 2.34. The molecule has 1 saturated heterocycles. The molecule has 0 saturated carbocycles. The molecule has 6 rings (SSSR count). The van der Waals surface area contributed by atoms with E-state index in [0.29, 0.717) is 29.7 Å². The molecule has 4 aromatic rings. The number of carboxylic acids is 1. The summed E-state index contributed by atoms with van der Waals surface area (Å²) < 4.78 is 7.97. The Hall–Kier alpha value is -5.89. The van der Waals surface area contributed by atoms with Crippen LogP contribution in [0, 0.1) is 11.8 Å². The van der Waals surface area contributed by atoms with Gasteiger partial charge in [0.15, 0.2) is 5.82 Å². The number of carbonyl (C=O) groups excluding carboxylic acids is 1. The van der Waals surface area contributed by atoms with E-state index >= 15 is 0 Å². The van der Waals surface area contributed by atoms with E-state index in [4.69, 9.17) is 25.5 Å². The van der Waals surface area contributed by atoms with Crippen molar-refractivity contribution >= 4 is 29.1 Å². The standard InChI is InChI=1S/C26H26N6O3.C5H8.C4H6.C3H6.C2H4O2/c27-25-22-23(30-32(24(22)26(34)29-28-25)19-6-3-11-31(14-19)15-33)16-7-9-20(10-8-16)35-21-12-17-4-1-2-5-18(17)13-21;1-3-5-4-2;1-3-4-2;1-3-2;1-2(3)4/h1-2,4-5,7-10,15,19,21H,3,6,11-14H2,(H2,27,28)(H,29,34);3-5H,1H2,2H3;1-2H3;3H,1H2,2H3;1H3,(H,3,4)/b;5-4-;;;. The molecule has 3 heterocycles. The first-order chi connectivity index (χ1) is 24.6. The molecule has 1 unspecified atom stereocenters. The number of nitrogens with one attached hydrogen (secondary N) is 1. The molecule has 270 valence electrons. The fourth-order valence-electron chi connectivity index (χ4n) is 5.48. The molecule has 2 aromatic carbocycles. The van der Waals surface area contributed by atoms with Crippen LogP contribution in [0.25, 0.3) is 22.2 Å². The molecule has 1 fully saturated rings. The molecule has 1 aliphatic carbocycles. The smallest absolute Gasteiger partial charge is 0.300 e. The number of rotatable bonds is 6. The van der Waals surface area contributed by atoms with Gasteiger partial charge in [-0.05, 0) is 75.9 Å². The third-order valence-corrected chi connectivity index (χ3v) is 7.61. The summed E-state index contributed by atoms with van der Waals surface area (Å²) in [6, 6.07) is 16.0. The van der Waals surface area contributed by atoms with E-state index in [1.807, 2.05) is 64.1 Å². The van der Waals surface area contributed by atoms with Gasteiger partial charge in [-0.25, -0.2) is 5.10 Å². The number of aromatic nitrogens is 4. The van der Waals surface area contributed by atoms with E-state index in [-0.39, 0.29) is 23.5 Å². The van der Waals surface area contributed by atoms with Crippen LogP contribution in [0.5, 0.6) is 5.75 Å². The number of hydrogen-bond donors (Lipinski definition) is 3. The van der Waals surface area contributed by atoms with Crippen LogP contribution in [-0.4, -0.2) is 61.6 Å². The van der Waals surface area contributed by atoms with Gasteiger partial charge in [-0.3, -0.25) is 19.1 Å². The van der Waals surface area contributed by atoms with Crippen LogP contribution >= 0.6 is 0 Å². The Labute approximate surface area is 300 Å². The van der Waals surface area contributed by atoms with Crippen LogP contribution in [0.4, 0.5) is 5.82 Å². The summed E-state index contributed by atoms with van der Waals surface area (Å²) in [5.74, 6) is 5.53. The van der Waals surface area contributed by atoms with E-state index in [1.165, 1.54) is 11.1 Å². The van der Waals surface area contributed by atoms with Crippen LogP contribution < -0.4 is 16.0 Å². The topological polar surface area (TPSA) is 156 Å². The summed E-state index contributed by atoms with van der Waals surface area (Å²) in [7, 11) is 0. The van der Waals surface area contributed by atoms with Crippen LogP contribution in [0.3, 0.4) is 0 Å². The Morgan fingerprint density at radius 1 is 1.08 bits per heavy atom. The van der Waals surface area contributed by atoms with Crippen molar-refractivity contribution in [3.05, 3.63) is 107 Å². The van der Waals surface area contributed by atoms with Gasteiger partial charge in [-0.2, -0.15) is 10.2 Å². The molecule has 0 radical (unpaired) electrons. The lowest BCUT2D eigenvalue weighted by Crippen LogP contribution is -2.36. The van der Waals surface area contributed by atoms with Crippen molar-refractivity contribution < 1.29 is 19.4 Å². The summed E-state index contributed by atoms with van der Waals surface area (Å²) in [4.78, 5) is 34.9. The average molecular weight is 695 g/mol. The molecule has 2 aliphatic rings. The number of hydrogen-bond acceptors (Lipinski definition) is 7. The van der Waals surface area contributed by atoms with E-state index in [9.17, 15) is 9.59 Å². The number of anilines is 1. The summed E-state index contributed by atoms with van der Waals surface area (Å²) in [6.45, 7) is 16.6. The highest BCUT2D eigenvalue weighted by molar-refractivity contribution is 5.99. The fraction of sp³-hybridized carbons (Fsp3) is 0.325. The van der Waals surface area contributed by atoms with Crippen LogP contribution in [0.1, 0.15) is 64.6 Å². The molecule has 11 heteroatoms. The Kier molecular flexibility index (Phi) is 17.8. The van der Waals surface area contributed by atoms with Crippen molar-refractivity contribution in [1.82, 2.24) is 24.9 Å². The van der Waals surface area contributed by atoms with Gasteiger partial charge >= 0.3 is 0 Å². The number of piperidine rings is 1. The first kappa shape index (κ1) is 41.3. The maximum atomic E-state index is 12.8. The van der Waals surface area contributed by atoms with Gasteiger partial charge in [-0.15, -0.1) is 18.4 Å². The van der Waals surface area contributed by atoms with Crippen molar-refractivity contribution in [2.24, 2.45) is 0 Å². The Bertz CT molecular complexity index is 1850. The number of amides is 1. The number of benzene rings is 2. The lowest BCUT2D eigenvalue weighted by molar-refractivity contribution is -0.134. The maximum absolute atomic E-state index is 12.8. The summed E-state index contributed by atoms with van der Waals surface area (Å²) in [6.07, 6.45) is 11.7. The van der Waals surface area contributed by atoms with Crippen LogP contribution in [0.2, 0.25) is 0 Å². The number of aliphatic carboxylic acids is 1. The monoisotopic (exact) mass is 694 g/mol. The number of carboxylic acid groups (broad SMARTS) is 1. The maximum Gasteiger partial charge on any atom is 0.300 e. The molecule has 2 aromatic heterocycles. The Balaban J connectivity index is 0.000000478. The SMILES string of the molecule is C=C/C=C\C.C=CC.CC#CC.CC(=O)O.Nc1n[nH]c(=O)c2c1c(-c1ccc(OC3Cc4ccccc4C3)cc1)nn2C1CCCN(C=O)C1. The molecule has 11 nitrogen and oxygen atoms in total. The minimum absolute atomic E-state index is 0.111. The number of nitrogens with two attached hydrogens (primary N) is 1. The van der Waals surface area contributed by atoms with Crippen LogP contribution in [-0.2, 0) is 22.4 Å². The van der Waals surface area contributed by atoms with Crippen molar-refractivity contribution in [1.29, 1.82) is 0 Å². The van der Waals surface area contributed by atoms with Crippen molar-refractivity contribution in [2.45, 2.75) is 72.4 Å².